The number of aliphatic hydroxyl groups is 1. The van der Waals surface area contributed by atoms with E-state index in [0.717, 1.165) is 13.1 Å². The van der Waals surface area contributed by atoms with E-state index in [1.807, 2.05) is 0 Å². The second-order valence-corrected chi connectivity index (χ2v) is 6.46. The number of likely N-dealkylation sites (N-methyl/N-ethyl adjacent to an activating group) is 1. The molecule has 1 aliphatic rings. The Labute approximate surface area is 116 Å². The lowest BCUT2D eigenvalue weighted by molar-refractivity contribution is 0.0980. The van der Waals surface area contributed by atoms with Crippen molar-refractivity contribution in [1.82, 2.24) is 4.90 Å². The van der Waals surface area contributed by atoms with Gasteiger partial charge in [0.05, 0.1) is 12.6 Å². The van der Waals surface area contributed by atoms with Gasteiger partial charge in [-0.2, -0.15) is 0 Å². The van der Waals surface area contributed by atoms with Gasteiger partial charge in [-0.3, -0.25) is 4.90 Å². The smallest absolute Gasteiger partial charge is 0.0604 e. The summed E-state index contributed by atoms with van der Waals surface area (Å²) < 4.78 is 0. The number of nitrogens with zero attached hydrogens (tertiary/aromatic N) is 2. The predicted octanol–water partition coefficient (Wildman–Crippen LogP) is 2.19. The maximum Gasteiger partial charge on any atom is 0.0604 e. The van der Waals surface area contributed by atoms with E-state index in [2.05, 4.69) is 62.7 Å². The van der Waals surface area contributed by atoms with Crippen LogP contribution in [0.1, 0.15) is 25.0 Å². The van der Waals surface area contributed by atoms with E-state index in [4.69, 9.17) is 0 Å². The van der Waals surface area contributed by atoms with Gasteiger partial charge in [-0.25, -0.2) is 0 Å². The highest BCUT2D eigenvalue weighted by Gasteiger charge is 2.37. The number of hydrogen-bond donors (Lipinski definition) is 1. The minimum Gasteiger partial charge on any atom is -0.395 e. The zero-order valence-electron chi connectivity index (χ0n) is 12.8. The average molecular weight is 262 g/mol. The van der Waals surface area contributed by atoms with Gasteiger partial charge in [-0.05, 0) is 46.4 Å². The number of aryl methyl sites for hydroxylation is 2. The van der Waals surface area contributed by atoms with Crippen molar-refractivity contribution in [2.75, 3.05) is 31.6 Å². The summed E-state index contributed by atoms with van der Waals surface area (Å²) in [5.41, 5.74) is 3.99. The molecule has 1 aromatic carbocycles. The molecule has 106 valence electrons. The Bertz CT molecular complexity index is 456. The molecule has 0 amide bonds. The lowest BCUT2D eigenvalue weighted by Gasteiger charge is -2.51. The molecule has 3 nitrogen and oxygen atoms in total. The second kappa shape index (κ2) is 5.14. The molecule has 1 atom stereocenters. The van der Waals surface area contributed by atoms with Crippen molar-refractivity contribution in [2.24, 2.45) is 0 Å². The quantitative estimate of drug-likeness (QED) is 0.885. The van der Waals surface area contributed by atoms with Crippen LogP contribution in [-0.2, 0) is 0 Å². The third-order valence-corrected chi connectivity index (χ3v) is 4.24. The Morgan fingerprint density at radius 2 is 2.00 bits per heavy atom. The number of rotatable bonds is 2. The van der Waals surface area contributed by atoms with Crippen LogP contribution >= 0.6 is 0 Å². The van der Waals surface area contributed by atoms with Gasteiger partial charge in [0.2, 0.25) is 0 Å². The molecule has 1 N–H and O–H groups in total. The summed E-state index contributed by atoms with van der Waals surface area (Å²) in [6.45, 7) is 10.9. The normalized spacial score (nSPS) is 23.7. The molecule has 1 heterocycles. The average Bonchev–Trinajstić information content (AvgIpc) is 2.29. The molecule has 2 rings (SSSR count). The summed E-state index contributed by atoms with van der Waals surface area (Å²) >= 11 is 0. The molecule has 1 saturated heterocycles. The maximum atomic E-state index is 9.54. The van der Waals surface area contributed by atoms with Crippen LogP contribution in [0, 0.1) is 13.8 Å². The van der Waals surface area contributed by atoms with E-state index in [1.165, 1.54) is 16.8 Å². The fourth-order valence-electron chi connectivity index (χ4n) is 3.15. The van der Waals surface area contributed by atoms with Crippen molar-refractivity contribution in [3.05, 3.63) is 29.3 Å². The molecule has 0 spiro atoms. The maximum absolute atomic E-state index is 9.54. The van der Waals surface area contributed by atoms with Crippen LogP contribution in [0.2, 0.25) is 0 Å². The van der Waals surface area contributed by atoms with Crippen LogP contribution < -0.4 is 4.90 Å². The molecule has 0 aromatic heterocycles. The number of aliphatic hydroxyl groups excluding tert-OH is 1. The fourth-order valence-corrected chi connectivity index (χ4v) is 3.15. The van der Waals surface area contributed by atoms with Crippen molar-refractivity contribution < 1.29 is 5.11 Å². The van der Waals surface area contributed by atoms with E-state index in [-0.39, 0.29) is 18.2 Å². The molecular weight excluding hydrogens is 236 g/mol. The van der Waals surface area contributed by atoms with E-state index < -0.39 is 0 Å². The minimum atomic E-state index is 0.0838. The summed E-state index contributed by atoms with van der Waals surface area (Å²) in [7, 11) is 2.10. The highest BCUT2D eigenvalue weighted by molar-refractivity contribution is 5.57. The highest BCUT2D eigenvalue weighted by Crippen LogP contribution is 2.32. The molecule has 0 aliphatic carbocycles. The van der Waals surface area contributed by atoms with E-state index in [9.17, 15) is 5.11 Å². The van der Waals surface area contributed by atoms with Crippen LogP contribution in [0.5, 0.6) is 0 Å². The molecule has 1 aliphatic heterocycles. The Hall–Kier alpha value is -1.06. The Balaban J connectivity index is 2.35. The molecule has 1 fully saturated rings. The molecule has 1 aromatic rings. The molecular formula is C16H26N2O. The lowest BCUT2D eigenvalue weighted by atomic mass is 9.94. The molecule has 0 saturated carbocycles. The van der Waals surface area contributed by atoms with Gasteiger partial charge in [-0.15, -0.1) is 0 Å². The van der Waals surface area contributed by atoms with Gasteiger partial charge in [0.1, 0.15) is 0 Å². The summed E-state index contributed by atoms with van der Waals surface area (Å²) in [5.74, 6) is 0. The Kier molecular flexibility index (Phi) is 3.88. The molecule has 0 radical (unpaired) electrons. The summed E-state index contributed by atoms with van der Waals surface area (Å²) in [4.78, 5) is 4.71. The fraction of sp³-hybridized carbons (Fsp3) is 0.625. The standard InChI is InChI=1S/C16H26N2O/c1-12-6-7-15(13(2)8-12)18-9-14(10-19)17(5)11-16(18,3)4/h6-8,14,19H,9-11H2,1-5H3. The molecule has 0 bridgehead atoms. The largest absolute Gasteiger partial charge is 0.395 e. The first-order chi connectivity index (χ1) is 8.85. The third kappa shape index (κ3) is 2.77. The number of benzene rings is 1. The van der Waals surface area contributed by atoms with Crippen molar-refractivity contribution in [3.8, 4) is 0 Å². The second-order valence-electron chi connectivity index (χ2n) is 6.46. The third-order valence-electron chi connectivity index (χ3n) is 4.24. The van der Waals surface area contributed by atoms with Gasteiger partial charge in [0.15, 0.2) is 0 Å². The molecule has 3 heteroatoms. The first-order valence-electron chi connectivity index (χ1n) is 7.01. The topological polar surface area (TPSA) is 26.7 Å². The Morgan fingerprint density at radius 3 is 2.58 bits per heavy atom. The molecule has 19 heavy (non-hydrogen) atoms. The minimum absolute atomic E-state index is 0.0838. The van der Waals surface area contributed by atoms with Crippen LogP contribution in [-0.4, -0.2) is 48.3 Å². The van der Waals surface area contributed by atoms with Gasteiger partial charge in [0.25, 0.3) is 0 Å². The summed E-state index contributed by atoms with van der Waals surface area (Å²) in [6.07, 6.45) is 0. The molecule has 1 unspecified atom stereocenters. The van der Waals surface area contributed by atoms with Crippen LogP contribution in [0.3, 0.4) is 0 Å². The Morgan fingerprint density at radius 1 is 1.32 bits per heavy atom. The van der Waals surface area contributed by atoms with E-state index in [0.29, 0.717) is 0 Å². The highest BCUT2D eigenvalue weighted by atomic mass is 16.3. The van der Waals surface area contributed by atoms with E-state index in [1.54, 1.807) is 0 Å². The van der Waals surface area contributed by atoms with E-state index >= 15 is 0 Å². The van der Waals surface area contributed by atoms with Crippen LogP contribution in [0.25, 0.3) is 0 Å². The van der Waals surface area contributed by atoms with Gasteiger partial charge in [0, 0.05) is 24.3 Å². The summed E-state index contributed by atoms with van der Waals surface area (Å²) in [6, 6.07) is 6.84. The van der Waals surface area contributed by atoms with Gasteiger partial charge < -0.3 is 10.0 Å². The first-order valence-corrected chi connectivity index (χ1v) is 7.01. The van der Waals surface area contributed by atoms with Crippen molar-refractivity contribution in [2.45, 2.75) is 39.3 Å². The SMILES string of the molecule is Cc1ccc(N2CC(CO)N(C)CC2(C)C)c(C)c1. The van der Waals surface area contributed by atoms with Gasteiger partial charge in [-0.1, -0.05) is 17.7 Å². The van der Waals surface area contributed by atoms with Gasteiger partial charge >= 0.3 is 0 Å². The zero-order chi connectivity index (χ0) is 14.2. The lowest BCUT2D eigenvalue weighted by Crippen LogP contribution is -2.63. The van der Waals surface area contributed by atoms with Crippen molar-refractivity contribution in [3.63, 3.8) is 0 Å². The van der Waals surface area contributed by atoms with Crippen LogP contribution in [0.15, 0.2) is 18.2 Å². The summed E-state index contributed by atoms with van der Waals surface area (Å²) in [5, 5.41) is 9.54. The number of piperazine rings is 1. The van der Waals surface area contributed by atoms with Crippen molar-refractivity contribution >= 4 is 5.69 Å². The van der Waals surface area contributed by atoms with Crippen molar-refractivity contribution in [1.29, 1.82) is 0 Å². The zero-order valence-corrected chi connectivity index (χ0v) is 12.8. The predicted molar refractivity (Wildman–Crippen MR) is 80.8 cm³/mol. The monoisotopic (exact) mass is 262 g/mol. The number of anilines is 1. The number of hydrogen-bond acceptors (Lipinski definition) is 3. The first kappa shape index (κ1) is 14.4. The van der Waals surface area contributed by atoms with Crippen LogP contribution in [0.4, 0.5) is 5.69 Å².